The van der Waals surface area contributed by atoms with Gasteiger partial charge in [-0.25, -0.2) is 17.6 Å². The number of hydrogen-bond donors (Lipinski definition) is 0. The van der Waals surface area contributed by atoms with E-state index in [1.165, 1.54) is 28.6 Å². The molecule has 6 nitrogen and oxygen atoms in total. The fourth-order valence-corrected chi connectivity index (χ4v) is 4.78. The molecule has 2 aliphatic heterocycles. The molecule has 2 fully saturated rings. The van der Waals surface area contributed by atoms with Crippen molar-refractivity contribution in [2.24, 2.45) is 0 Å². The fourth-order valence-electron chi connectivity index (χ4n) is 3.31. The van der Waals surface area contributed by atoms with Gasteiger partial charge in [-0.2, -0.15) is 4.31 Å². The maximum Gasteiger partial charge on any atom is 0.410 e. The van der Waals surface area contributed by atoms with Gasteiger partial charge in [-0.15, -0.1) is 0 Å². The summed E-state index contributed by atoms with van der Waals surface area (Å²) in [5.74, 6) is -0.342. The van der Waals surface area contributed by atoms with E-state index < -0.39 is 10.0 Å². The number of ether oxygens (including phenoxy) is 1. The molecule has 136 valence electrons. The Morgan fingerprint density at radius 1 is 1.04 bits per heavy atom. The molecule has 0 aliphatic carbocycles. The van der Waals surface area contributed by atoms with E-state index in [4.69, 9.17) is 4.74 Å². The number of piperazine rings is 1. The van der Waals surface area contributed by atoms with Crippen LogP contribution in [0.2, 0.25) is 0 Å². The number of hydrogen-bond acceptors (Lipinski definition) is 4. The molecule has 2 aromatic rings. The molecule has 0 saturated carbocycles. The van der Waals surface area contributed by atoms with Crippen LogP contribution in [-0.4, -0.2) is 56.0 Å². The summed E-state index contributed by atoms with van der Waals surface area (Å²) in [5.41, 5.74) is 1.42. The van der Waals surface area contributed by atoms with Crippen LogP contribution in [0.4, 0.5) is 9.18 Å². The summed E-state index contributed by atoms with van der Waals surface area (Å²) in [7, 11) is -3.66. The molecular weight excluding hydrogens is 359 g/mol. The second kappa shape index (κ2) is 6.37. The van der Waals surface area contributed by atoms with Crippen molar-refractivity contribution in [1.29, 1.82) is 0 Å². The van der Waals surface area contributed by atoms with E-state index in [0.29, 0.717) is 12.1 Å². The molecule has 1 atom stereocenters. The number of fused-ring (bicyclic) bond motifs is 1. The quantitative estimate of drug-likeness (QED) is 0.825. The van der Waals surface area contributed by atoms with Crippen molar-refractivity contribution in [2.45, 2.75) is 10.9 Å². The van der Waals surface area contributed by atoms with Crippen LogP contribution in [0, 0.1) is 5.82 Å². The van der Waals surface area contributed by atoms with Crippen LogP contribution in [-0.2, 0) is 14.8 Å². The number of amides is 1. The predicted molar refractivity (Wildman–Crippen MR) is 92.4 cm³/mol. The Labute approximate surface area is 150 Å². The van der Waals surface area contributed by atoms with E-state index in [-0.39, 0.29) is 42.5 Å². The molecule has 1 unspecified atom stereocenters. The lowest BCUT2D eigenvalue weighted by molar-refractivity contribution is 0.147. The number of nitrogens with zero attached hydrogens (tertiary/aromatic N) is 2. The summed E-state index contributed by atoms with van der Waals surface area (Å²) in [4.78, 5) is 13.3. The second-order valence-corrected chi connectivity index (χ2v) is 8.26. The topological polar surface area (TPSA) is 66.9 Å². The summed E-state index contributed by atoms with van der Waals surface area (Å²) in [5, 5.41) is 0. The molecule has 0 aromatic heterocycles. The molecule has 4 rings (SSSR count). The van der Waals surface area contributed by atoms with Crippen molar-refractivity contribution < 1.29 is 22.3 Å². The molecule has 8 heteroatoms. The Balaban J connectivity index is 1.56. The zero-order chi connectivity index (χ0) is 18.3. The van der Waals surface area contributed by atoms with Gasteiger partial charge in [-0.3, -0.25) is 4.90 Å². The lowest BCUT2D eigenvalue weighted by Gasteiger charge is -2.34. The minimum absolute atomic E-state index is 0.177. The smallest absolute Gasteiger partial charge is 0.410 e. The highest BCUT2D eigenvalue weighted by Gasteiger charge is 2.41. The van der Waals surface area contributed by atoms with Crippen molar-refractivity contribution in [3.63, 3.8) is 0 Å². The van der Waals surface area contributed by atoms with E-state index in [0.717, 1.165) is 5.56 Å². The highest BCUT2D eigenvalue weighted by molar-refractivity contribution is 7.89. The number of rotatable bonds is 3. The Kier molecular flexibility index (Phi) is 4.16. The molecule has 0 bridgehead atoms. The molecule has 0 N–H and O–H groups in total. The number of cyclic esters (lactones) is 1. The zero-order valence-corrected chi connectivity index (χ0v) is 14.7. The highest BCUT2D eigenvalue weighted by atomic mass is 32.2. The van der Waals surface area contributed by atoms with E-state index in [9.17, 15) is 17.6 Å². The van der Waals surface area contributed by atoms with Crippen molar-refractivity contribution in [3.8, 4) is 11.1 Å². The minimum Gasteiger partial charge on any atom is -0.447 e. The van der Waals surface area contributed by atoms with Gasteiger partial charge in [0, 0.05) is 19.6 Å². The molecule has 0 radical (unpaired) electrons. The van der Waals surface area contributed by atoms with E-state index >= 15 is 0 Å². The monoisotopic (exact) mass is 376 g/mol. The van der Waals surface area contributed by atoms with Gasteiger partial charge in [0.1, 0.15) is 12.4 Å². The van der Waals surface area contributed by atoms with Gasteiger partial charge in [0.05, 0.1) is 10.9 Å². The van der Waals surface area contributed by atoms with Gasteiger partial charge in [0.15, 0.2) is 0 Å². The Morgan fingerprint density at radius 3 is 2.54 bits per heavy atom. The largest absolute Gasteiger partial charge is 0.447 e. The highest BCUT2D eigenvalue weighted by Crippen LogP contribution is 2.26. The van der Waals surface area contributed by atoms with Crippen LogP contribution in [0.3, 0.4) is 0 Å². The summed E-state index contributed by atoms with van der Waals surface area (Å²) < 4.78 is 45.5. The van der Waals surface area contributed by atoms with Gasteiger partial charge in [-0.1, -0.05) is 24.3 Å². The molecule has 2 saturated heterocycles. The minimum atomic E-state index is -3.66. The van der Waals surface area contributed by atoms with Crippen molar-refractivity contribution in [1.82, 2.24) is 9.21 Å². The number of carbonyl (C=O) groups excluding carboxylic acids is 1. The Morgan fingerprint density at radius 2 is 1.81 bits per heavy atom. The first-order valence-corrected chi connectivity index (χ1v) is 9.69. The van der Waals surface area contributed by atoms with E-state index in [1.54, 1.807) is 29.2 Å². The lowest BCUT2D eigenvalue weighted by atomic mass is 10.1. The normalized spacial score (nSPS) is 20.7. The molecule has 0 spiro atoms. The lowest BCUT2D eigenvalue weighted by Crippen LogP contribution is -2.53. The van der Waals surface area contributed by atoms with Crippen LogP contribution < -0.4 is 0 Å². The van der Waals surface area contributed by atoms with Crippen LogP contribution >= 0.6 is 0 Å². The van der Waals surface area contributed by atoms with Crippen molar-refractivity contribution >= 4 is 16.1 Å². The molecule has 2 aliphatic rings. The molecule has 2 aromatic carbocycles. The summed E-state index contributed by atoms with van der Waals surface area (Å²) >= 11 is 0. The second-order valence-electron chi connectivity index (χ2n) is 6.32. The first-order valence-electron chi connectivity index (χ1n) is 8.25. The van der Waals surface area contributed by atoms with Gasteiger partial charge >= 0.3 is 6.09 Å². The standard InChI is InChI=1S/C18H17FN2O4S/c19-15-3-1-2-14(10-15)13-4-6-17(7-5-13)26(23,24)20-8-9-21-16(11-20)12-25-18(21)22/h1-7,10,16H,8-9,11-12H2. The van der Waals surface area contributed by atoms with Crippen molar-refractivity contribution in [3.05, 3.63) is 54.3 Å². The van der Waals surface area contributed by atoms with Crippen LogP contribution in [0.1, 0.15) is 0 Å². The Hall–Kier alpha value is -2.45. The summed E-state index contributed by atoms with van der Waals surface area (Å²) in [6.07, 6.45) is -0.383. The van der Waals surface area contributed by atoms with E-state index in [2.05, 4.69) is 0 Å². The Bertz CT molecular complexity index is 946. The SMILES string of the molecule is O=C1OCC2CN(S(=O)(=O)c3ccc(-c4cccc(F)c4)cc3)CCN12. The first kappa shape index (κ1) is 17.0. The zero-order valence-electron chi connectivity index (χ0n) is 13.8. The maximum absolute atomic E-state index is 13.4. The third-order valence-electron chi connectivity index (χ3n) is 4.73. The molecule has 1 amide bonds. The van der Waals surface area contributed by atoms with Crippen LogP contribution in [0.25, 0.3) is 11.1 Å². The van der Waals surface area contributed by atoms with Gasteiger partial charge < -0.3 is 4.74 Å². The summed E-state index contributed by atoms with van der Waals surface area (Å²) in [6, 6.07) is 12.3. The molecule has 26 heavy (non-hydrogen) atoms. The number of benzene rings is 2. The van der Waals surface area contributed by atoms with Crippen molar-refractivity contribution in [2.75, 3.05) is 26.2 Å². The van der Waals surface area contributed by atoms with Gasteiger partial charge in [-0.05, 0) is 35.4 Å². The summed E-state index contributed by atoms with van der Waals surface area (Å²) in [6.45, 7) is 0.993. The maximum atomic E-state index is 13.4. The third-order valence-corrected chi connectivity index (χ3v) is 6.61. The average molecular weight is 376 g/mol. The average Bonchev–Trinajstić information content (AvgIpc) is 3.02. The van der Waals surface area contributed by atoms with E-state index in [1.807, 2.05) is 0 Å². The number of halogens is 1. The van der Waals surface area contributed by atoms with Crippen LogP contribution in [0.5, 0.6) is 0 Å². The molecular formula is C18H17FN2O4S. The first-order chi connectivity index (χ1) is 12.4. The number of sulfonamides is 1. The number of carbonyl (C=O) groups is 1. The fraction of sp³-hybridized carbons (Fsp3) is 0.278. The van der Waals surface area contributed by atoms with Crippen LogP contribution in [0.15, 0.2) is 53.4 Å². The van der Waals surface area contributed by atoms with Gasteiger partial charge in [0.25, 0.3) is 0 Å². The third kappa shape index (κ3) is 2.95. The van der Waals surface area contributed by atoms with Gasteiger partial charge in [0.2, 0.25) is 10.0 Å². The predicted octanol–water partition coefficient (Wildman–Crippen LogP) is 2.32. The molecule has 2 heterocycles.